The zero-order valence-electron chi connectivity index (χ0n) is 8.47. The van der Waals surface area contributed by atoms with Crippen LogP contribution >= 0.6 is 0 Å². The third kappa shape index (κ3) is 2.48. The summed E-state index contributed by atoms with van der Waals surface area (Å²) in [6.07, 6.45) is -1.80. The van der Waals surface area contributed by atoms with E-state index in [1.54, 1.807) is 0 Å². The SMILES string of the molecule is CC(=O)Nc1c(O)cccc1C(O)C(=O)O. The fraction of sp³-hybridized carbons (Fsp3) is 0.200. The Kier molecular flexibility index (Phi) is 3.47. The third-order valence-corrected chi connectivity index (χ3v) is 1.90. The molecule has 0 aliphatic rings. The van der Waals surface area contributed by atoms with E-state index in [0.29, 0.717) is 0 Å². The minimum atomic E-state index is -1.80. The first-order chi connectivity index (χ1) is 7.43. The van der Waals surface area contributed by atoms with Crippen molar-refractivity contribution in [1.29, 1.82) is 0 Å². The van der Waals surface area contributed by atoms with E-state index in [1.165, 1.54) is 25.1 Å². The predicted molar refractivity (Wildman–Crippen MR) is 55.0 cm³/mol. The molecule has 6 nitrogen and oxygen atoms in total. The van der Waals surface area contributed by atoms with Gasteiger partial charge in [0.05, 0.1) is 5.69 Å². The van der Waals surface area contributed by atoms with E-state index in [4.69, 9.17) is 5.11 Å². The van der Waals surface area contributed by atoms with Gasteiger partial charge >= 0.3 is 5.97 Å². The summed E-state index contributed by atoms with van der Waals surface area (Å²) in [5.74, 6) is -2.23. The maximum absolute atomic E-state index is 10.9. The fourth-order valence-electron chi connectivity index (χ4n) is 1.23. The number of carboxylic acid groups (broad SMARTS) is 1. The van der Waals surface area contributed by atoms with Crippen LogP contribution in [-0.2, 0) is 9.59 Å². The molecule has 86 valence electrons. The molecule has 0 saturated carbocycles. The van der Waals surface area contributed by atoms with Crippen LogP contribution in [0.3, 0.4) is 0 Å². The highest BCUT2D eigenvalue weighted by atomic mass is 16.4. The summed E-state index contributed by atoms with van der Waals surface area (Å²) in [7, 11) is 0. The number of hydrogen-bond acceptors (Lipinski definition) is 4. The summed E-state index contributed by atoms with van der Waals surface area (Å²) in [6.45, 7) is 1.21. The minimum Gasteiger partial charge on any atom is -0.506 e. The lowest BCUT2D eigenvalue weighted by Crippen LogP contribution is -2.15. The van der Waals surface area contributed by atoms with Crippen LogP contribution in [0.25, 0.3) is 0 Å². The maximum atomic E-state index is 10.9. The van der Waals surface area contributed by atoms with Crippen LogP contribution in [0.15, 0.2) is 18.2 Å². The summed E-state index contributed by atoms with van der Waals surface area (Å²) in [4.78, 5) is 21.5. The number of carbonyl (C=O) groups excluding carboxylic acids is 1. The molecule has 0 aliphatic carbocycles. The number of aliphatic carboxylic acids is 1. The molecule has 1 atom stereocenters. The normalized spacial score (nSPS) is 11.9. The van der Waals surface area contributed by atoms with Crippen molar-refractivity contribution in [3.8, 4) is 5.75 Å². The molecule has 0 fully saturated rings. The molecule has 1 rings (SSSR count). The lowest BCUT2D eigenvalue weighted by Gasteiger charge is -2.13. The molecule has 16 heavy (non-hydrogen) atoms. The number of para-hydroxylation sites is 1. The zero-order chi connectivity index (χ0) is 12.3. The van der Waals surface area contributed by atoms with Crippen LogP contribution in [0.4, 0.5) is 5.69 Å². The van der Waals surface area contributed by atoms with E-state index in [-0.39, 0.29) is 17.0 Å². The lowest BCUT2D eigenvalue weighted by atomic mass is 10.1. The second kappa shape index (κ2) is 4.63. The number of aliphatic hydroxyl groups is 1. The number of rotatable bonds is 3. The first kappa shape index (κ1) is 12.0. The molecular formula is C10H11NO5. The highest BCUT2D eigenvalue weighted by molar-refractivity contribution is 5.92. The van der Waals surface area contributed by atoms with Gasteiger partial charge in [-0.2, -0.15) is 0 Å². The van der Waals surface area contributed by atoms with Crippen molar-refractivity contribution in [1.82, 2.24) is 0 Å². The quantitative estimate of drug-likeness (QED) is 0.559. The van der Waals surface area contributed by atoms with Gasteiger partial charge in [-0.3, -0.25) is 4.79 Å². The number of hydrogen-bond donors (Lipinski definition) is 4. The standard InChI is InChI=1S/C10H11NO5/c1-5(12)11-8-6(9(14)10(15)16)3-2-4-7(8)13/h2-4,9,13-14H,1H3,(H,11,12)(H,15,16). The smallest absolute Gasteiger partial charge is 0.337 e. The summed E-state index contributed by atoms with van der Waals surface area (Å²) < 4.78 is 0. The zero-order valence-corrected chi connectivity index (χ0v) is 8.47. The van der Waals surface area contributed by atoms with Crippen molar-refractivity contribution >= 4 is 17.6 Å². The monoisotopic (exact) mass is 225 g/mol. The van der Waals surface area contributed by atoms with E-state index in [2.05, 4.69) is 5.32 Å². The van der Waals surface area contributed by atoms with Crippen molar-refractivity contribution in [2.75, 3.05) is 5.32 Å². The van der Waals surface area contributed by atoms with Gasteiger partial charge in [-0.05, 0) is 6.07 Å². The number of carbonyl (C=O) groups is 2. The number of carboxylic acids is 1. The van der Waals surface area contributed by atoms with Gasteiger partial charge in [-0.15, -0.1) is 0 Å². The number of benzene rings is 1. The average Bonchev–Trinajstić information content (AvgIpc) is 2.19. The molecule has 0 heterocycles. The Morgan fingerprint density at radius 3 is 2.50 bits per heavy atom. The minimum absolute atomic E-state index is 0.0669. The second-order valence-corrected chi connectivity index (χ2v) is 3.16. The van der Waals surface area contributed by atoms with Gasteiger partial charge in [0, 0.05) is 12.5 Å². The molecule has 0 bridgehead atoms. The van der Waals surface area contributed by atoms with E-state index >= 15 is 0 Å². The Hall–Kier alpha value is -2.08. The van der Waals surface area contributed by atoms with Crippen molar-refractivity contribution in [2.45, 2.75) is 13.0 Å². The Morgan fingerprint density at radius 1 is 1.38 bits per heavy atom. The summed E-state index contributed by atoms with van der Waals surface area (Å²) in [5.41, 5.74) is -0.160. The highest BCUT2D eigenvalue weighted by Gasteiger charge is 2.21. The Labute approximate surface area is 91.1 Å². The van der Waals surface area contributed by atoms with Gasteiger partial charge in [0.2, 0.25) is 5.91 Å². The van der Waals surface area contributed by atoms with Crippen LogP contribution in [0.1, 0.15) is 18.6 Å². The van der Waals surface area contributed by atoms with Gasteiger partial charge < -0.3 is 20.6 Å². The molecule has 6 heteroatoms. The van der Waals surface area contributed by atoms with Gasteiger partial charge in [0.15, 0.2) is 6.10 Å². The van der Waals surface area contributed by atoms with Crippen molar-refractivity contribution in [2.24, 2.45) is 0 Å². The Bertz CT molecular complexity index is 429. The first-order valence-electron chi connectivity index (χ1n) is 4.44. The number of amides is 1. The number of phenols is 1. The van der Waals surface area contributed by atoms with Gasteiger partial charge in [-0.25, -0.2) is 4.79 Å². The van der Waals surface area contributed by atoms with Gasteiger partial charge in [-0.1, -0.05) is 12.1 Å². The summed E-state index contributed by atoms with van der Waals surface area (Å²) >= 11 is 0. The van der Waals surface area contributed by atoms with Gasteiger partial charge in [0.25, 0.3) is 0 Å². The molecule has 4 N–H and O–H groups in total. The number of phenolic OH excluding ortho intramolecular Hbond substituents is 1. The molecule has 0 saturated heterocycles. The van der Waals surface area contributed by atoms with Crippen molar-refractivity contribution < 1.29 is 24.9 Å². The molecule has 1 aromatic carbocycles. The topological polar surface area (TPSA) is 107 Å². The average molecular weight is 225 g/mol. The highest BCUT2D eigenvalue weighted by Crippen LogP contribution is 2.31. The number of aromatic hydroxyl groups is 1. The number of nitrogens with one attached hydrogen (secondary N) is 1. The lowest BCUT2D eigenvalue weighted by molar-refractivity contribution is -0.146. The molecule has 0 aromatic heterocycles. The fourth-order valence-corrected chi connectivity index (χ4v) is 1.23. The van der Waals surface area contributed by atoms with Crippen LogP contribution in [0.5, 0.6) is 5.75 Å². The number of anilines is 1. The third-order valence-electron chi connectivity index (χ3n) is 1.90. The van der Waals surface area contributed by atoms with E-state index in [1.807, 2.05) is 0 Å². The summed E-state index contributed by atoms with van der Waals surface area (Å²) in [6, 6.07) is 3.97. The molecular weight excluding hydrogens is 214 g/mol. The molecule has 0 radical (unpaired) electrons. The van der Waals surface area contributed by atoms with Crippen LogP contribution < -0.4 is 5.32 Å². The maximum Gasteiger partial charge on any atom is 0.337 e. The van der Waals surface area contributed by atoms with Gasteiger partial charge in [0.1, 0.15) is 5.75 Å². The number of aliphatic hydroxyl groups excluding tert-OH is 1. The van der Waals surface area contributed by atoms with Crippen molar-refractivity contribution in [3.05, 3.63) is 23.8 Å². The molecule has 1 unspecified atom stereocenters. The second-order valence-electron chi connectivity index (χ2n) is 3.16. The molecule has 0 aliphatic heterocycles. The first-order valence-corrected chi connectivity index (χ1v) is 4.44. The molecule has 0 spiro atoms. The van der Waals surface area contributed by atoms with Crippen LogP contribution in [0, 0.1) is 0 Å². The molecule has 1 amide bonds. The Balaban J connectivity index is 3.22. The van der Waals surface area contributed by atoms with Crippen LogP contribution in [0.2, 0.25) is 0 Å². The van der Waals surface area contributed by atoms with E-state index < -0.39 is 18.0 Å². The van der Waals surface area contributed by atoms with E-state index in [0.717, 1.165) is 0 Å². The predicted octanol–water partition coefficient (Wildman–Crippen LogP) is 0.469. The Morgan fingerprint density at radius 2 is 2.00 bits per heavy atom. The molecule has 1 aromatic rings. The van der Waals surface area contributed by atoms with Crippen molar-refractivity contribution in [3.63, 3.8) is 0 Å². The largest absolute Gasteiger partial charge is 0.506 e. The van der Waals surface area contributed by atoms with Crippen LogP contribution in [-0.4, -0.2) is 27.2 Å². The van der Waals surface area contributed by atoms with E-state index in [9.17, 15) is 19.8 Å². The summed E-state index contributed by atoms with van der Waals surface area (Å²) in [5, 5.41) is 29.7.